The molecule has 0 fully saturated rings. The van der Waals surface area contributed by atoms with Gasteiger partial charge in [0.05, 0.1) is 21.9 Å². The number of pyridine rings is 1. The lowest BCUT2D eigenvalue weighted by Gasteiger charge is -2.09. The van der Waals surface area contributed by atoms with Gasteiger partial charge in [0, 0.05) is 17.8 Å². The number of carbonyl (C=O) groups excluding carboxylic acids is 1. The maximum absolute atomic E-state index is 13.7. The predicted molar refractivity (Wildman–Crippen MR) is 74.7 cm³/mol. The molecule has 7 heteroatoms. The fourth-order valence-corrected chi connectivity index (χ4v) is 1.81. The Bertz CT molecular complexity index is 731. The molecule has 0 radical (unpaired) electrons. The molecule has 0 saturated heterocycles. The van der Waals surface area contributed by atoms with Crippen LogP contribution in [-0.4, -0.2) is 15.8 Å². The average Bonchev–Trinajstić information content (AvgIpc) is 2.42. The van der Waals surface area contributed by atoms with Crippen molar-refractivity contribution in [2.24, 2.45) is 0 Å². The van der Waals surface area contributed by atoms with Gasteiger partial charge in [0.15, 0.2) is 0 Å². The zero-order chi connectivity index (χ0) is 15.6. The Balaban J connectivity index is 2.32. The second kappa shape index (κ2) is 5.66. The fraction of sp³-hybridized carbons (Fsp3) is 0.143. The van der Waals surface area contributed by atoms with Gasteiger partial charge < -0.3 is 5.32 Å². The molecular formula is C14H12FN3O3. The Kier molecular flexibility index (Phi) is 3.93. The summed E-state index contributed by atoms with van der Waals surface area (Å²) in [5, 5.41) is 13.2. The van der Waals surface area contributed by atoms with Crippen molar-refractivity contribution in [3.63, 3.8) is 0 Å². The van der Waals surface area contributed by atoms with E-state index in [1.165, 1.54) is 0 Å². The Labute approximate surface area is 119 Å². The van der Waals surface area contributed by atoms with Crippen LogP contribution in [0, 0.1) is 29.8 Å². The molecule has 0 bridgehead atoms. The van der Waals surface area contributed by atoms with Crippen molar-refractivity contribution in [1.29, 1.82) is 0 Å². The number of rotatable bonds is 3. The molecule has 1 aromatic heterocycles. The quantitative estimate of drug-likeness (QED) is 0.695. The van der Waals surface area contributed by atoms with Crippen LogP contribution >= 0.6 is 0 Å². The first-order chi connectivity index (χ1) is 9.88. The van der Waals surface area contributed by atoms with E-state index in [-0.39, 0.29) is 11.3 Å². The van der Waals surface area contributed by atoms with Crippen molar-refractivity contribution in [3.8, 4) is 0 Å². The molecule has 108 valence electrons. The molecule has 0 spiro atoms. The molecule has 0 aliphatic rings. The van der Waals surface area contributed by atoms with E-state index in [9.17, 15) is 19.3 Å². The summed E-state index contributed by atoms with van der Waals surface area (Å²) in [7, 11) is 0. The van der Waals surface area contributed by atoms with Crippen LogP contribution < -0.4 is 5.32 Å². The second-order valence-corrected chi connectivity index (χ2v) is 4.46. The first-order valence-electron chi connectivity index (χ1n) is 6.08. The van der Waals surface area contributed by atoms with Gasteiger partial charge >= 0.3 is 0 Å². The van der Waals surface area contributed by atoms with E-state index in [0.717, 1.165) is 23.9 Å². The molecule has 1 N–H and O–H groups in total. The highest BCUT2D eigenvalue weighted by atomic mass is 19.1. The van der Waals surface area contributed by atoms with Gasteiger partial charge in [-0.25, -0.2) is 4.39 Å². The number of aryl methyl sites for hydroxylation is 2. The number of benzene rings is 1. The average molecular weight is 289 g/mol. The highest BCUT2D eigenvalue weighted by molar-refractivity contribution is 6.05. The van der Waals surface area contributed by atoms with Gasteiger partial charge in [0.2, 0.25) is 0 Å². The highest BCUT2D eigenvalue weighted by Crippen LogP contribution is 2.19. The number of hydrogen-bond donors (Lipinski definition) is 1. The number of carbonyl (C=O) groups is 1. The molecule has 1 heterocycles. The van der Waals surface area contributed by atoms with Gasteiger partial charge in [0.25, 0.3) is 11.6 Å². The first kappa shape index (κ1) is 14.6. The molecule has 1 amide bonds. The monoisotopic (exact) mass is 289 g/mol. The van der Waals surface area contributed by atoms with Crippen LogP contribution in [0.4, 0.5) is 15.8 Å². The minimum absolute atomic E-state index is 0.347. The molecule has 2 aromatic rings. The van der Waals surface area contributed by atoms with Gasteiger partial charge in [-0.05, 0) is 32.0 Å². The molecule has 0 saturated carbocycles. The van der Waals surface area contributed by atoms with Crippen molar-refractivity contribution >= 4 is 17.3 Å². The van der Waals surface area contributed by atoms with Crippen molar-refractivity contribution in [1.82, 2.24) is 4.98 Å². The molecule has 0 aliphatic carbocycles. The van der Waals surface area contributed by atoms with Gasteiger partial charge in [0.1, 0.15) is 5.82 Å². The van der Waals surface area contributed by atoms with Gasteiger partial charge in [-0.2, -0.15) is 0 Å². The van der Waals surface area contributed by atoms with Crippen molar-refractivity contribution in [3.05, 3.63) is 63.2 Å². The minimum Gasteiger partial charge on any atom is -0.320 e. The van der Waals surface area contributed by atoms with Crippen LogP contribution in [0.5, 0.6) is 0 Å². The number of nitro benzene ring substituents is 1. The third-order valence-corrected chi connectivity index (χ3v) is 2.88. The number of nitro groups is 1. The van der Waals surface area contributed by atoms with Crippen LogP contribution in [0.1, 0.15) is 21.7 Å². The summed E-state index contributed by atoms with van der Waals surface area (Å²) in [6.45, 7) is 3.51. The zero-order valence-electron chi connectivity index (χ0n) is 11.4. The van der Waals surface area contributed by atoms with Gasteiger partial charge in [-0.1, -0.05) is 0 Å². The normalized spacial score (nSPS) is 10.2. The van der Waals surface area contributed by atoms with E-state index in [2.05, 4.69) is 10.3 Å². The lowest BCUT2D eigenvalue weighted by Crippen LogP contribution is -2.15. The molecule has 0 aliphatic heterocycles. The third-order valence-electron chi connectivity index (χ3n) is 2.88. The Morgan fingerprint density at radius 1 is 1.29 bits per heavy atom. The van der Waals surface area contributed by atoms with E-state index in [1.54, 1.807) is 26.0 Å². The second-order valence-electron chi connectivity index (χ2n) is 4.46. The molecule has 0 atom stereocenters. The molecule has 6 nitrogen and oxygen atoms in total. The summed E-state index contributed by atoms with van der Waals surface area (Å²) >= 11 is 0. The zero-order valence-corrected chi connectivity index (χ0v) is 11.4. The number of hydrogen-bond acceptors (Lipinski definition) is 4. The molecule has 1 aromatic carbocycles. The number of nitrogens with one attached hydrogen (secondary N) is 1. The van der Waals surface area contributed by atoms with Gasteiger partial charge in [-0.15, -0.1) is 0 Å². The number of anilines is 1. The van der Waals surface area contributed by atoms with E-state index in [1.807, 2.05) is 0 Å². The minimum atomic E-state index is -0.823. The predicted octanol–water partition coefficient (Wildman–Crippen LogP) is 3.00. The van der Waals surface area contributed by atoms with E-state index < -0.39 is 16.6 Å². The van der Waals surface area contributed by atoms with E-state index in [0.29, 0.717) is 11.4 Å². The van der Waals surface area contributed by atoms with Crippen LogP contribution in [-0.2, 0) is 0 Å². The maximum Gasteiger partial charge on any atom is 0.270 e. The molecule has 2 rings (SSSR count). The Morgan fingerprint density at radius 3 is 2.62 bits per heavy atom. The Hall–Kier alpha value is -2.83. The number of nitrogens with zero attached hydrogens (tertiary/aromatic N) is 2. The van der Waals surface area contributed by atoms with Crippen LogP contribution in [0.25, 0.3) is 0 Å². The largest absolute Gasteiger partial charge is 0.320 e. The van der Waals surface area contributed by atoms with Crippen molar-refractivity contribution in [2.75, 3.05) is 5.32 Å². The lowest BCUT2D eigenvalue weighted by atomic mass is 10.1. The number of halogens is 1. The van der Waals surface area contributed by atoms with Crippen LogP contribution in [0.15, 0.2) is 30.3 Å². The van der Waals surface area contributed by atoms with Crippen molar-refractivity contribution in [2.45, 2.75) is 13.8 Å². The number of aromatic nitrogens is 1. The standard InChI is InChI=1S/C14H12FN3O3/c1-8-3-6-13(9(2)16-8)17-14(19)11-7-10(18(20)21)4-5-12(11)15/h3-7H,1-2H3,(H,17,19). The van der Waals surface area contributed by atoms with Gasteiger partial charge in [-0.3, -0.25) is 19.9 Å². The maximum atomic E-state index is 13.7. The lowest BCUT2D eigenvalue weighted by molar-refractivity contribution is -0.384. The summed E-state index contributed by atoms with van der Waals surface area (Å²) in [5.74, 6) is -1.58. The molecule has 21 heavy (non-hydrogen) atoms. The SMILES string of the molecule is Cc1ccc(NC(=O)c2cc([N+](=O)[O-])ccc2F)c(C)n1. The van der Waals surface area contributed by atoms with E-state index in [4.69, 9.17) is 0 Å². The van der Waals surface area contributed by atoms with E-state index >= 15 is 0 Å². The first-order valence-corrected chi connectivity index (χ1v) is 6.08. The fourth-order valence-electron chi connectivity index (χ4n) is 1.81. The topological polar surface area (TPSA) is 85.1 Å². The Morgan fingerprint density at radius 2 is 2.00 bits per heavy atom. The molecule has 0 unspecified atom stereocenters. The summed E-state index contributed by atoms with van der Waals surface area (Å²) < 4.78 is 13.7. The summed E-state index contributed by atoms with van der Waals surface area (Å²) in [5.41, 5.74) is 1.06. The molecular weight excluding hydrogens is 277 g/mol. The van der Waals surface area contributed by atoms with Crippen LogP contribution in [0.3, 0.4) is 0 Å². The number of amides is 1. The van der Waals surface area contributed by atoms with Crippen LogP contribution in [0.2, 0.25) is 0 Å². The smallest absolute Gasteiger partial charge is 0.270 e. The summed E-state index contributed by atoms with van der Waals surface area (Å²) in [6, 6.07) is 6.15. The number of non-ortho nitro benzene ring substituents is 1. The summed E-state index contributed by atoms with van der Waals surface area (Å²) in [6.07, 6.45) is 0. The highest BCUT2D eigenvalue weighted by Gasteiger charge is 2.17. The van der Waals surface area contributed by atoms with Crippen molar-refractivity contribution < 1.29 is 14.1 Å². The summed E-state index contributed by atoms with van der Waals surface area (Å²) in [4.78, 5) is 26.2. The third kappa shape index (κ3) is 3.19.